The van der Waals surface area contributed by atoms with Crippen LogP contribution in [-0.2, 0) is 9.53 Å². The molecule has 4 aromatic rings. The van der Waals surface area contributed by atoms with Gasteiger partial charge < -0.3 is 13.9 Å². The molecule has 194 valence electrons. The Balaban J connectivity index is 1.63. The first-order valence-corrected chi connectivity index (χ1v) is 13.9. The second-order valence-electron chi connectivity index (χ2n) is 7.98. The molecular formula is C26H21BrN4O5S2. The normalized spacial score (nSPS) is 15.3. The number of furan rings is 1. The van der Waals surface area contributed by atoms with Gasteiger partial charge in [-0.25, -0.2) is 19.8 Å². The maximum absolute atomic E-state index is 13.8. The van der Waals surface area contributed by atoms with Crippen LogP contribution in [0.3, 0.4) is 0 Å². The molecule has 0 amide bonds. The third kappa shape index (κ3) is 5.11. The molecule has 9 nitrogen and oxygen atoms in total. The van der Waals surface area contributed by atoms with Gasteiger partial charge in [0.05, 0.1) is 29.5 Å². The average Bonchev–Trinajstić information content (AvgIpc) is 3.47. The second-order valence-corrected chi connectivity index (χ2v) is 10.9. The van der Waals surface area contributed by atoms with Gasteiger partial charge in [0.1, 0.15) is 17.6 Å². The van der Waals surface area contributed by atoms with Crippen LogP contribution in [0.5, 0.6) is 5.75 Å². The highest BCUT2D eigenvalue weighted by Crippen LogP contribution is 2.37. The lowest BCUT2D eigenvalue weighted by Gasteiger charge is -2.26. The van der Waals surface area contributed by atoms with Crippen molar-refractivity contribution >= 4 is 51.1 Å². The molecule has 0 saturated carbocycles. The molecule has 0 bridgehead atoms. The van der Waals surface area contributed by atoms with Gasteiger partial charge in [0.25, 0.3) is 5.56 Å². The molecule has 0 saturated heterocycles. The maximum Gasteiger partial charge on any atom is 0.338 e. The van der Waals surface area contributed by atoms with Gasteiger partial charge in [0, 0.05) is 28.5 Å². The smallest absolute Gasteiger partial charge is 0.338 e. The fraction of sp³-hybridized carbons (Fsp3) is 0.192. The number of aromatic nitrogens is 3. The molecule has 1 atom stereocenters. The summed E-state index contributed by atoms with van der Waals surface area (Å²) < 4.78 is 19.6. The summed E-state index contributed by atoms with van der Waals surface area (Å²) in [5.74, 6) is 0.484. The van der Waals surface area contributed by atoms with Crippen LogP contribution in [0.4, 0.5) is 0 Å². The molecule has 0 spiro atoms. The van der Waals surface area contributed by atoms with Crippen molar-refractivity contribution in [3.05, 3.63) is 95.5 Å². The van der Waals surface area contributed by atoms with E-state index >= 15 is 0 Å². The molecule has 5 rings (SSSR count). The van der Waals surface area contributed by atoms with Crippen molar-refractivity contribution in [3.8, 4) is 5.75 Å². The van der Waals surface area contributed by atoms with Crippen molar-refractivity contribution in [2.24, 2.45) is 4.99 Å². The van der Waals surface area contributed by atoms with E-state index < -0.39 is 12.0 Å². The fourth-order valence-corrected chi connectivity index (χ4v) is 6.12. The molecule has 0 unspecified atom stereocenters. The second kappa shape index (κ2) is 11.1. The number of halogens is 1. The SMILES string of the molecule is CCOC(=O)C1=C(C)N=c2s/c(=C\c3ccc(Sc4ncccn4)o3)c(=O)n2[C@H]1c1cc(Br)ccc1OC. The third-order valence-electron chi connectivity index (χ3n) is 5.61. The predicted molar refractivity (Wildman–Crippen MR) is 146 cm³/mol. The lowest BCUT2D eigenvalue weighted by atomic mass is 9.95. The predicted octanol–water partition coefficient (Wildman–Crippen LogP) is 4.10. The van der Waals surface area contributed by atoms with E-state index in [4.69, 9.17) is 13.9 Å². The van der Waals surface area contributed by atoms with E-state index in [2.05, 4.69) is 30.9 Å². The van der Waals surface area contributed by atoms with E-state index in [-0.39, 0.29) is 17.7 Å². The number of rotatable bonds is 7. The van der Waals surface area contributed by atoms with Gasteiger partial charge in [0.2, 0.25) is 0 Å². The van der Waals surface area contributed by atoms with Gasteiger partial charge in [-0.2, -0.15) is 0 Å². The quantitative estimate of drug-likeness (QED) is 0.227. The summed E-state index contributed by atoms with van der Waals surface area (Å²) in [6, 6.07) is 9.96. The first-order chi connectivity index (χ1) is 18.4. The van der Waals surface area contributed by atoms with Crippen molar-refractivity contribution in [1.82, 2.24) is 14.5 Å². The Labute approximate surface area is 233 Å². The van der Waals surface area contributed by atoms with E-state index in [9.17, 15) is 9.59 Å². The van der Waals surface area contributed by atoms with E-state index in [0.29, 0.717) is 42.4 Å². The number of nitrogens with zero attached hydrogens (tertiary/aromatic N) is 4. The van der Waals surface area contributed by atoms with E-state index in [1.54, 1.807) is 63.7 Å². The summed E-state index contributed by atoms with van der Waals surface area (Å²) in [7, 11) is 1.55. The number of hydrogen-bond acceptors (Lipinski definition) is 10. The summed E-state index contributed by atoms with van der Waals surface area (Å²) in [6.45, 7) is 3.66. The summed E-state index contributed by atoms with van der Waals surface area (Å²) in [4.78, 5) is 40.3. The summed E-state index contributed by atoms with van der Waals surface area (Å²) >= 11 is 6.00. The molecule has 3 aromatic heterocycles. The number of fused-ring (bicyclic) bond motifs is 1. The van der Waals surface area contributed by atoms with E-state index in [0.717, 1.165) is 4.47 Å². The van der Waals surface area contributed by atoms with Crippen LogP contribution in [-0.4, -0.2) is 34.2 Å². The zero-order valence-corrected chi connectivity index (χ0v) is 23.7. The first kappa shape index (κ1) is 26.1. The number of benzene rings is 1. The van der Waals surface area contributed by atoms with Crippen molar-refractivity contribution in [2.45, 2.75) is 30.1 Å². The minimum absolute atomic E-state index is 0.190. The molecule has 0 fully saturated rings. The van der Waals surface area contributed by atoms with Crippen LogP contribution in [0.1, 0.15) is 31.2 Å². The number of hydrogen-bond donors (Lipinski definition) is 0. The Morgan fingerprint density at radius 2 is 2.05 bits per heavy atom. The standard InChI is InChI=1S/C26H21BrN4O5S2/c1-4-35-24(33)21-14(2)30-26-31(22(21)17-12-15(27)6-8-18(17)34-3)23(32)19(37-26)13-16-7-9-20(36-16)38-25-28-10-5-11-29-25/h5-13,22H,4H2,1-3H3/b19-13-/t22-/m0/s1. The topological polar surface area (TPSA) is 109 Å². The number of esters is 1. The van der Waals surface area contributed by atoms with Gasteiger partial charge in [-0.1, -0.05) is 27.3 Å². The highest BCUT2D eigenvalue weighted by Gasteiger charge is 2.35. The van der Waals surface area contributed by atoms with E-state index in [1.807, 2.05) is 12.1 Å². The zero-order chi connectivity index (χ0) is 26.8. The number of methoxy groups -OCH3 is 1. The fourth-order valence-electron chi connectivity index (χ4n) is 4.03. The molecule has 1 aliphatic rings. The largest absolute Gasteiger partial charge is 0.496 e. The maximum atomic E-state index is 13.8. The number of carbonyl (C=O) groups excluding carboxylic acids is 1. The molecule has 0 aliphatic carbocycles. The molecule has 1 aliphatic heterocycles. The van der Waals surface area contributed by atoms with Gasteiger partial charge >= 0.3 is 5.97 Å². The van der Waals surface area contributed by atoms with Crippen LogP contribution in [0.2, 0.25) is 0 Å². The number of ether oxygens (including phenoxy) is 2. The van der Waals surface area contributed by atoms with Gasteiger partial charge in [-0.15, -0.1) is 0 Å². The van der Waals surface area contributed by atoms with Gasteiger partial charge in [-0.3, -0.25) is 9.36 Å². The Bertz CT molecular complexity index is 1730. The Morgan fingerprint density at radius 1 is 1.26 bits per heavy atom. The molecule has 1 aromatic carbocycles. The van der Waals surface area contributed by atoms with Crippen LogP contribution in [0.25, 0.3) is 6.08 Å². The zero-order valence-electron chi connectivity index (χ0n) is 20.5. The number of allylic oxidation sites excluding steroid dienone is 1. The summed E-state index contributed by atoms with van der Waals surface area (Å²) in [6.07, 6.45) is 4.98. The van der Waals surface area contributed by atoms with Crippen molar-refractivity contribution < 1.29 is 18.7 Å². The minimum atomic E-state index is -0.794. The Hall–Kier alpha value is -3.48. The highest BCUT2D eigenvalue weighted by molar-refractivity contribution is 9.10. The summed E-state index contributed by atoms with van der Waals surface area (Å²) in [5.41, 5.74) is 1.07. The monoisotopic (exact) mass is 612 g/mol. The lowest BCUT2D eigenvalue weighted by Crippen LogP contribution is -2.40. The minimum Gasteiger partial charge on any atom is -0.496 e. The Kier molecular flexibility index (Phi) is 7.63. The molecule has 0 N–H and O–H groups in total. The van der Waals surface area contributed by atoms with Gasteiger partial charge in [-0.05, 0) is 62.0 Å². The average molecular weight is 614 g/mol. The first-order valence-electron chi connectivity index (χ1n) is 11.5. The van der Waals surface area contributed by atoms with Crippen LogP contribution in [0.15, 0.2) is 89.0 Å². The number of carbonyl (C=O) groups is 1. The molecular weight excluding hydrogens is 592 g/mol. The van der Waals surface area contributed by atoms with E-state index in [1.165, 1.54) is 27.7 Å². The van der Waals surface area contributed by atoms with Crippen molar-refractivity contribution in [2.75, 3.05) is 13.7 Å². The van der Waals surface area contributed by atoms with Crippen LogP contribution >= 0.6 is 39.0 Å². The third-order valence-corrected chi connectivity index (χ3v) is 7.90. The molecule has 38 heavy (non-hydrogen) atoms. The van der Waals surface area contributed by atoms with Crippen LogP contribution in [0, 0.1) is 0 Å². The number of thiazole rings is 1. The molecule has 0 radical (unpaired) electrons. The molecule has 12 heteroatoms. The highest BCUT2D eigenvalue weighted by atomic mass is 79.9. The summed E-state index contributed by atoms with van der Waals surface area (Å²) in [5, 5.41) is 1.14. The Morgan fingerprint density at radius 3 is 2.79 bits per heavy atom. The molecule has 4 heterocycles. The van der Waals surface area contributed by atoms with Crippen LogP contribution < -0.4 is 19.6 Å². The van der Waals surface area contributed by atoms with Crippen molar-refractivity contribution in [1.29, 1.82) is 0 Å². The van der Waals surface area contributed by atoms with Crippen molar-refractivity contribution in [3.63, 3.8) is 0 Å². The van der Waals surface area contributed by atoms with Gasteiger partial charge in [0.15, 0.2) is 15.1 Å². The lowest BCUT2D eigenvalue weighted by molar-refractivity contribution is -0.139.